The molecule has 1 aromatic rings. The van der Waals surface area contributed by atoms with E-state index in [9.17, 15) is 18.0 Å². The Kier molecular flexibility index (Phi) is 4.35. The number of nitrogen functional groups attached to an aromatic ring is 1. The van der Waals surface area contributed by atoms with Crippen LogP contribution in [0.15, 0.2) is 12.3 Å². The highest BCUT2D eigenvalue weighted by molar-refractivity contribution is 5.95. The van der Waals surface area contributed by atoms with Crippen LogP contribution in [0.4, 0.5) is 18.9 Å². The fourth-order valence-electron chi connectivity index (χ4n) is 1.07. The van der Waals surface area contributed by atoms with E-state index in [2.05, 4.69) is 14.5 Å². The summed E-state index contributed by atoms with van der Waals surface area (Å²) in [6.07, 6.45) is -3.44. The van der Waals surface area contributed by atoms with Gasteiger partial charge in [-0.15, -0.1) is 0 Å². The van der Waals surface area contributed by atoms with Crippen LogP contribution in [0.25, 0.3) is 0 Å². The monoisotopic (exact) mass is 264 g/mol. The molecule has 0 radical (unpaired) electrons. The Hall–Kier alpha value is -1.99. The van der Waals surface area contributed by atoms with Gasteiger partial charge < -0.3 is 15.2 Å². The van der Waals surface area contributed by atoms with Gasteiger partial charge in [0.15, 0.2) is 6.61 Å². The minimum Gasteiger partial charge on any atom is -0.468 e. The number of carbonyl (C=O) groups excluding carboxylic acids is 1. The molecule has 0 fully saturated rings. The number of nitrogens with two attached hydrogens (primary N) is 1. The van der Waals surface area contributed by atoms with Crippen molar-refractivity contribution < 1.29 is 27.4 Å². The predicted octanol–water partition coefficient (Wildman–Crippen LogP) is 1.78. The van der Waals surface area contributed by atoms with Crippen molar-refractivity contribution in [1.82, 2.24) is 4.98 Å². The Morgan fingerprint density at radius 2 is 2.17 bits per heavy atom. The van der Waals surface area contributed by atoms with E-state index in [0.717, 1.165) is 12.3 Å². The minimum atomic E-state index is -4.48. The molecule has 0 unspecified atom stereocenters. The van der Waals surface area contributed by atoms with Crippen LogP contribution in [0.2, 0.25) is 0 Å². The first-order chi connectivity index (χ1) is 8.33. The van der Waals surface area contributed by atoms with E-state index in [1.165, 1.54) is 0 Å². The summed E-state index contributed by atoms with van der Waals surface area (Å²) in [5.41, 5.74) is 5.39. The molecule has 0 aliphatic rings. The summed E-state index contributed by atoms with van der Waals surface area (Å²) in [4.78, 5) is 14.9. The Balaban J connectivity index is 2.84. The molecule has 2 N–H and O–H groups in total. The van der Waals surface area contributed by atoms with E-state index in [0.29, 0.717) is 0 Å². The van der Waals surface area contributed by atoms with Gasteiger partial charge >= 0.3 is 12.1 Å². The van der Waals surface area contributed by atoms with Crippen LogP contribution in [0.1, 0.15) is 17.3 Å². The van der Waals surface area contributed by atoms with E-state index in [1.807, 2.05) is 0 Å². The zero-order valence-corrected chi connectivity index (χ0v) is 9.45. The molecule has 1 aromatic heterocycles. The second kappa shape index (κ2) is 5.56. The average Bonchev–Trinajstić information content (AvgIpc) is 2.27. The van der Waals surface area contributed by atoms with Gasteiger partial charge in [-0.25, -0.2) is 9.78 Å². The van der Waals surface area contributed by atoms with E-state index in [1.54, 1.807) is 6.92 Å². The lowest BCUT2D eigenvalue weighted by atomic mass is 10.2. The number of hydrogen-bond donors (Lipinski definition) is 1. The maximum absolute atomic E-state index is 11.9. The summed E-state index contributed by atoms with van der Waals surface area (Å²) in [6.45, 7) is 0.224. The van der Waals surface area contributed by atoms with E-state index < -0.39 is 18.8 Å². The van der Waals surface area contributed by atoms with Crippen molar-refractivity contribution in [3.63, 3.8) is 0 Å². The van der Waals surface area contributed by atoms with Gasteiger partial charge in [-0.05, 0) is 6.92 Å². The molecule has 0 bridgehead atoms. The first-order valence-electron chi connectivity index (χ1n) is 4.95. The third kappa shape index (κ3) is 4.11. The molecular formula is C10H11F3N2O3. The number of carbonyl (C=O) groups is 1. The molecule has 18 heavy (non-hydrogen) atoms. The third-order valence-electron chi connectivity index (χ3n) is 1.79. The van der Waals surface area contributed by atoms with Crippen molar-refractivity contribution in [1.29, 1.82) is 0 Å². The molecule has 0 amide bonds. The molecule has 0 aromatic carbocycles. The zero-order valence-electron chi connectivity index (χ0n) is 9.45. The number of anilines is 1. The molecule has 0 aliphatic heterocycles. The van der Waals surface area contributed by atoms with Crippen LogP contribution >= 0.6 is 0 Å². The first-order valence-corrected chi connectivity index (χ1v) is 4.95. The standard InChI is InChI=1S/C10H11F3N2O3/c1-2-17-9(16)6-3-8(15-4-7(6)14)18-5-10(11,12)13/h3-4H,2,5,14H2,1H3. The molecule has 1 heterocycles. The maximum Gasteiger partial charge on any atom is 0.422 e. The SMILES string of the molecule is CCOC(=O)c1cc(OCC(F)(F)F)ncc1N. The summed E-state index contributed by atoms with van der Waals surface area (Å²) in [7, 11) is 0. The Labute approximate surface area is 101 Å². The van der Waals surface area contributed by atoms with Crippen LogP contribution < -0.4 is 10.5 Å². The van der Waals surface area contributed by atoms with Gasteiger partial charge in [-0.1, -0.05) is 0 Å². The highest BCUT2D eigenvalue weighted by atomic mass is 19.4. The normalized spacial score (nSPS) is 11.1. The number of halogens is 3. The van der Waals surface area contributed by atoms with Crippen LogP contribution in [0.5, 0.6) is 5.88 Å². The molecule has 100 valence electrons. The van der Waals surface area contributed by atoms with Gasteiger partial charge in [0.1, 0.15) is 0 Å². The quantitative estimate of drug-likeness (QED) is 0.839. The molecule has 0 atom stereocenters. The highest BCUT2D eigenvalue weighted by Gasteiger charge is 2.29. The van der Waals surface area contributed by atoms with Crippen molar-refractivity contribution in [2.75, 3.05) is 18.9 Å². The summed E-state index contributed by atoms with van der Waals surface area (Å²) in [5, 5.41) is 0. The fourth-order valence-corrected chi connectivity index (χ4v) is 1.07. The van der Waals surface area contributed by atoms with Crippen molar-refractivity contribution in [2.45, 2.75) is 13.1 Å². The van der Waals surface area contributed by atoms with Gasteiger partial charge in [0.05, 0.1) is 24.1 Å². The highest BCUT2D eigenvalue weighted by Crippen LogP contribution is 2.20. The van der Waals surface area contributed by atoms with E-state index in [4.69, 9.17) is 5.73 Å². The summed E-state index contributed by atoms with van der Waals surface area (Å²) < 4.78 is 44.9. The average molecular weight is 264 g/mol. The van der Waals surface area contributed by atoms with Gasteiger partial charge in [0.2, 0.25) is 5.88 Å². The molecule has 0 aliphatic carbocycles. The Bertz CT molecular complexity index is 435. The van der Waals surface area contributed by atoms with Gasteiger partial charge in [-0.2, -0.15) is 13.2 Å². The predicted molar refractivity (Wildman–Crippen MR) is 56.2 cm³/mol. The molecule has 8 heteroatoms. The second-order valence-corrected chi connectivity index (χ2v) is 3.23. The molecule has 0 saturated heterocycles. The number of ether oxygens (including phenoxy) is 2. The maximum atomic E-state index is 11.9. The lowest BCUT2D eigenvalue weighted by Gasteiger charge is -2.10. The molecule has 5 nitrogen and oxygen atoms in total. The number of pyridine rings is 1. The van der Waals surface area contributed by atoms with Crippen LogP contribution in [-0.4, -0.2) is 30.3 Å². The number of nitrogens with zero attached hydrogens (tertiary/aromatic N) is 1. The van der Waals surface area contributed by atoms with Crippen LogP contribution in [-0.2, 0) is 4.74 Å². The number of alkyl halides is 3. The van der Waals surface area contributed by atoms with E-state index in [-0.39, 0.29) is 23.7 Å². The van der Waals surface area contributed by atoms with Crippen LogP contribution in [0, 0.1) is 0 Å². The Morgan fingerprint density at radius 1 is 1.50 bits per heavy atom. The summed E-state index contributed by atoms with van der Waals surface area (Å²) in [6, 6.07) is 1.01. The smallest absolute Gasteiger partial charge is 0.422 e. The minimum absolute atomic E-state index is 0.00723. The summed E-state index contributed by atoms with van der Waals surface area (Å²) in [5.74, 6) is -1.08. The van der Waals surface area contributed by atoms with Crippen molar-refractivity contribution in [3.05, 3.63) is 17.8 Å². The number of esters is 1. The van der Waals surface area contributed by atoms with Gasteiger partial charge in [0.25, 0.3) is 0 Å². The Morgan fingerprint density at radius 3 is 2.72 bits per heavy atom. The zero-order chi connectivity index (χ0) is 13.8. The van der Waals surface area contributed by atoms with Crippen molar-refractivity contribution >= 4 is 11.7 Å². The lowest BCUT2D eigenvalue weighted by molar-refractivity contribution is -0.154. The molecule has 1 rings (SSSR count). The van der Waals surface area contributed by atoms with Crippen molar-refractivity contribution in [2.24, 2.45) is 0 Å². The topological polar surface area (TPSA) is 74.4 Å². The molecule has 0 saturated carbocycles. The third-order valence-corrected chi connectivity index (χ3v) is 1.79. The van der Waals surface area contributed by atoms with E-state index >= 15 is 0 Å². The number of hydrogen-bond acceptors (Lipinski definition) is 5. The van der Waals surface area contributed by atoms with Gasteiger partial charge in [0, 0.05) is 6.07 Å². The van der Waals surface area contributed by atoms with Crippen LogP contribution in [0.3, 0.4) is 0 Å². The molecule has 0 spiro atoms. The summed E-state index contributed by atoms with van der Waals surface area (Å²) >= 11 is 0. The number of aromatic nitrogens is 1. The lowest BCUT2D eigenvalue weighted by Crippen LogP contribution is -2.20. The number of rotatable bonds is 4. The first kappa shape index (κ1) is 14.1. The van der Waals surface area contributed by atoms with Gasteiger partial charge in [-0.3, -0.25) is 0 Å². The molecular weight excluding hydrogens is 253 g/mol. The second-order valence-electron chi connectivity index (χ2n) is 3.23. The van der Waals surface area contributed by atoms with Crippen molar-refractivity contribution in [3.8, 4) is 5.88 Å². The largest absolute Gasteiger partial charge is 0.468 e. The fraction of sp³-hybridized carbons (Fsp3) is 0.400.